The number of anilines is 1. The monoisotopic (exact) mass is 437 g/mol. The lowest BCUT2D eigenvalue weighted by Crippen LogP contribution is -2.43. The average molecular weight is 438 g/mol. The number of carbonyl (C=O) groups is 2. The number of nitrogens with one attached hydrogen (secondary N) is 1. The Balaban J connectivity index is 1.67. The summed E-state index contributed by atoms with van der Waals surface area (Å²) in [6.45, 7) is 2.39. The number of methoxy groups -OCH3 is 1. The van der Waals surface area contributed by atoms with Gasteiger partial charge in [-0.15, -0.1) is 11.8 Å². The molecule has 1 aliphatic heterocycles. The molecule has 0 spiro atoms. The molecule has 1 heterocycles. The molecule has 31 heavy (non-hydrogen) atoms. The van der Waals surface area contributed by atoms with Gasteiger partial charge in [-0.3, -0.25) is 9.59 Å². The molecule has 1 atom stereocenters. The van der Waals surface area contributed by atoms with Crippen molar-refractivity contribution in [1.82, 2.24) is 4.90 Å². The number of benzene rings is 2. The summed E-state index contributed by atoms with van der Waals surface area (Å²) in [7, 11) is 1.57. The van der Waals surface area contributed by atoms with Gasteiger partial charge >= 0.3 is 0 Å². The van der Waals surface area contributed by atoms with Crippen LogP contribution in [0.3, 0.4) is 0 Å². The fourth-order valence-electron chi connectivity index (χ4n) is 3.06. The van der Waals surface area contributed by atoms with E-state index in [1.165, 1.54) is 17.8 Å². The van der Waals surface area contributed by atoms with Crippen molar-refractivity contribution in [2.45, 2.75) is 13.0 Å². The Morgan fingerprint density at radius 3 is 2.71 bits per heavy atom. The van der Waals surface area contributed by atoms with E-state index < -0.39 is 6.04 Å². The van der Waals surface area contributed by atoms with E-state index in [0.29, 0.717) is 41.0 Å². The number of carbonyl (C=O) groups excluding carboxylic acids is 2. The van der Waals surface area contributed by atoms with E-state index in [2.05, 4.69) is 5.32 Å². The molecule has 3 rings (SSSR count). The Labute approximate surface area is 185 Å². The minimum atomic E-state index is -0.562. The highest BCUT2D eigenvalue weighted by Crippen LogP contribution is 2.29. The van der Waals surface area contributed by atoms with E-state index in [1.807, 2.05) is 19.1 Å². The van der Waals surface area contributed by atoms with Crippen molar-refractivity contribution in [1.29, 1.82) is 5.26 Å². The molecule has 2 amide bonds. The van der Waals surface area contributed by atoms with Gasteiger partial charge < -0.3 is 19.7 Å². The van der Waals surface area contributed by atoms with E-state index in [0.717, 1.165) is 5.56 Å². The Bertz CT molecular complexity index is 1010. The summed E-state index contributed by atoms with van der Waals surface area (Å²) in [5, 5.41) is 11.7. The second kappa shape index (κ2) is 10.5. The van der Waals surface area contributed by atoms with Crippen LogP contribution in [-0.2, 0) is 9.59 Å². The third-order valence-electron chi connectivity index (χ3n) is 4.66. The van der Waals surface area contributed by atoms with Gasteiger partial charge in [0.05, 0.1) is 31.2 Å². The van der Waals surface area contributed by atoms with Gasteiger partial charge in [0.1, 0.15) is 6.04 Å². The Morgan fingerprint density at radius 2 is 2.03 bits per heavy atom. The lowest BCUT2D eigenvalue weighted by Gasteiger charge is -2.21. The van der Waals surface area contributed by atoms with Crippen LogP contribution >= 0.6 is 11.8 Å². The maximum atomic E-state index is 12.8. The van der Waals surface area contributed by atoms with E-state index >= 15 is 0 Å². The normalized spacial score (nSPS) is 15.5. The maximum absolute atomic E-state index is 12.8. The van der Waals surface area contributed by atoms with Crippen LogP contribution in [0.1, 0.15) is 18.1 Å². The van der Waals surface area contributed by atoms with Crippen LogP contribution in [-0.4, -0.2) is 48.1 Å². The second-order valence-corrected chi connectivity index (χ2v) is 7.68. The second-order valence-electron chi connectivity index (χ2n) is 6.68. The number of hydrogen-bond acceptors (Lipinski definition) is 6. The summed E-state index contributed by atoms with van der Waals surface area (Å²) in [6.07, 6.45) is 3.16. The van der Waals surface area contributed by atoms with Crippen LogP contribution in [0, 0.1) is 11.3 Å². The first kappa shape index (κ1) is 22.2. The molecule has 7 nitrogen and oxygen atoms in total. The van der Waals surface area contributed by atoms with Crippen molar-refractivity contribution in [3.63, 3.8) is 0 Å². The lowest BCUT2D eigenvalue weighted by molar-refractivity contribution is -0.132. The van der Waals surface area contributed by atoms with Crippen molar-refractivity contribution in [2.75, 3.05) is 30.7 Å². The summed E-state index contributed by atoms with van der Waals surface area (Å²) < 4.78 is 10.8. The molecule has 0 aromatic heterocycles. The molecule has 0 saturated carbocycles. The zero-order chi connectivity index (χ0) is 22.2. The summed E-state index contributed by atoms with van der Waals surface area (Å²) in [5.74, 6) is 1.72. The zero-order valence-electron chi connectivity index (χ0n) is 17.3. The Morgan fingerprint density at radius 1 is 1.26 bits per heavy atom. The summed E-state index contributed by atoms with van der Waals surface area (Å²) in [6, 6.07) is 13.5. The smallest absolute Gasteiger partial charge is 0.248 e. The first-order chi connectivity index (χ1) is 15.0. The van der Waals surface area contributed by atoms with Gasteiger partial charge in [0.2, 0.25) is 11.8 Å². The van der Waals surface area contributed by atoms with E-state index in [-0.39, 0.29) is 11.8 Å². The highest BCUT2D eigenvalue weighted by Gasteiger charge is 2.33. The molecule has 0 bridgehead atoms. The fraction of sp³-hybridized carbons (Fsp3) is 0.261. The lowest BCUT2D eigenvalue weighted by atomic mass is 10.1. The number of rotatable bonds is 7. The van der Waals surface area contributed by atoms with Crippen molar-refractivity contribution < 1.29 is 19.1 Å². The molecular weight excluding hydrogens is 414 g/mol. The molecule has 2 aromatic rings. The Kier molecular flexibility index (Phi) is 7.57. The van der Waals surface area contributed by atoms with Crippen molar-refractivity contribution in [3.8, 4) is 17.6 Å². The fourth-order valence-corrected chi connectivity index (χ4v) is 4.22. The third kappa shape index (κ3) is 5.58. The maximum Gasteiger partial charge on any atom is 0.248 e. The zero-order valence-corrected chi connectivity index (χ0v) is 18.1. The topological polar surface area (TPSA) is 91.7 Å². The number of hydrogen-bond donors (Lipinski definition) is 1. The summed E-state index contributed by atoms with van der Waals surface area (Å²) in [4.78, 5) is 27.0. The van der Waals surface area contributed by atoms with Gasteiger partial charge in [0, 0.05) is 17.5 Å². The number of thioether (sulfide) groups is 1. The van der Waals surface area contributed by atoms with Gasteiger partial charge in [0.25, 0.3) is 0 Å². The Hall–Kier alpha value is -3.44. The highest BCUT2D eigenvalue weighted by molar-refractivity contribution is 7.99. The van der Waals surface area contributed by atoms with E-state index in [9.17, 15) is 9.59 Å². The van der Waals surface area contributed by atoms with E-state index in [1.54, 1.807) is 54.5 Å². The number of ether oxygens (including phenoxy) is 2. The minimum Gasteiger partial charge on any atom is -0.493 e. The van der Waals surface area contributed by atoms with Crippen molar-refractivity contribution >= 4 is 35.3 Å². The first-order valence-electron chi connectivity index (χ1n) is 9.74. The third-order valence-corrected chi connectivity index (χ3v) is 5.67. The molecule has 160 valence electrons. The minimum absolute atomic E-state index is 0.237. The molecule has 0 unspecified atom stereocenters. The summed E-state index contributed by atoms with van der Waals surface area (Å²) in [5.41, 5.74) is 1.90. The van der Waals surface area contributed by atoms with Crippen LogP contribution in [0.15, 0.2) is 48.5 Å². The number of amides is 2. The van der Waals surface area contributed by atoms with E-state index in [4.69, 9.17) is 14.7 Å². The molecular formula is C23H23N3O4S. The standard InChI is InChI=1S/C23H23N3O4S/c1-3-30-21-12-16(6-10-20(21)29-2)7-11-22(27)26-15-31-14-19(26)23(28)25-18-8-4-17(13-24)5-9-18/h4-12,19H,3,14-15H2,1-2H3,(H,25,28)/b11-7-/t19-/m0/s1. The van der Waals surface area contributed by atoms with Crippen LogP contribution < -0.4 is 14.8 Å². The molecule has 1 saturated heterocycles. The number of nitrogens with zero attached hydrogens (tertiary/aromatic N) is 2. The summed E-state index contributed by atoms with van der Waals surface area (Å²) >= 11 is 1.53. The van der Waals surface area contributed by atoms with Crippen LogP contribution in [0.2, 0.25) is 0 Å². The van der Waals surface area contributed by atoms with Crippen LogP contribution in [0.5, 0.6) is 11.5 Å². The van der Waals surface area contributed by atoms with Gasteiger partial charge in [-0.25, -0.2) is 0 Å². The molecule has 1 fully saturated rings. The largest absolute Gasteiger partial charge is 0.493 e. The number of nitriles is 1. The van der Waals surface area contributed by atoms with Crippen molar-refractivity contribution in [3.05, 3.63) is 59.7 Å². The molecule has 8 heteroatoms. The average Bonchev–Trinajstić information content (AvgIpc) is 3.29. The predicted molar refractivity (Wildman–Crippen MR) is 121 cm³/mol. The van der Waals surface area contributed by atoms with Gasteiger partial charge in [0.15, 0.2) is 11.5 Å². The SMILES string of the molecule is CCOc1cc(/C=C\C(=O)N2CSC[C@H]2C(=O)Nc2ccc(C#N)cc2)ccc1OC. The predicted octanol–water partition coefficient (Wildman–Crippen LogP) is 3.52. The van der Waals surface area contributed by atoms with Gasteiger partial charge in [-0.2, -0.15) is 5.26 Å². The molecule has 1 aliphatic rings. The van der Waals surface area contributed by atoms with Crippen LogP contribution in [0.4, 0.5) is 5.69 Å². The van der Waals surface area contributed by atoms with Gasteiger partial charge in [-0.05, 0) is 55.0 Å². The molecule has 2 aromatic carbocycles. The highest BCUT2D eigenvalue weighted by atomic mass is 32.2. The van der Waals surface area contributed by atoms with Crippen LogP contribution in [0.25, 0.3) is 6.08 Å². The quantitative estimate of drug-likeness (QED) is 0.667. The first-order valence-corrected chi connectivity index (χ1v) is 10.9. The molecule has 0 aliphatic carbocycles. The van der Waals surface area contributed by atoms with Gasteiger partial charge in [-0.1, -0.05) is 6.07 Å². The molecule has 0 radical (unpaired) electrons. The van der Waals surface area contributed by atoms with Crippen molar-refractivity contribution in [2.24, 2.45) is 0 Å². The molecule has 1 N–H and O–H groups in total.